The summed E-state index contributed by atoms with van der Waals surface area (Å²) in [6.07, 6.45) is 5.12. The molecule has 0 fully saturated rings. The van der Waals surface area contributed by atoms with Crippen molar-refractivity contribution in [2.75, 3.05) is 13.7 Å². The van der Waals surface area contributed by atoms with Crippen molar-refractivity contribution < 1.29 is 4.74 Å². The van der Waals surface area contributed by atoms with E-state index in [1.165, 1.54) is 0 Å². The van der Waals surface area contributed by atoms with Crippen LogP contribution < -0.4 is 10.1 Å². The molecule has 0 aliphatic carbocycles. The second-order valence-electron chi connectivity index (χ2n) is 2.95. The Kier molecular flexibility index (Phi) is 4.22. The van der Waals surface area contributed by atoms with Gasteiger partial charge in [-0.1, -0.05) is 5.92 Å². The quantitative estimate of drug-likeness (QED) is 0.588. The lowest BCUT2D eigenvalue weighted by atomic mass is 10.1. The number of benzene rings is 1. The van der Waals surface area contributed by atoms with E-state index in [1.807, 2.05) is 0 Å². The van der Waals surface area contributed by atoms with E-state index < -0.39 is 0 Å². The monoisotopic (exact) mass is 200 g/mol. The van der Waals surface area contributed by atoms with Gasteiger partial charge in [0, 0.05) is 12.1 Å². The van der Waals surface area contributed by atoms with Crippen molar-refractivity contribution in [2.45, 2.75) is 6.54 Å². The van der Waals surface area contributed by atoms with Crippen molar-refractivity contribution in [3.8, 4) is 24.2 Å². The van der Waals surface area contributed by atoms with Crippen molar-refractivity contribution in [2.24, 2.45) is 0 Å². The van der Waals surface area contributed by atoms with Crippen LogP contribution in [0.25, 0.3) is 0 Å². The van der Waals surface area contributed by atoms with E-state index in [2.05, 4.69) is 17.3 Å². The Labute approximate surface area is 89.7 Å². The maximum Gasteiger partial charge on any atom is 0.123 e. The third-order valence-corrected chi connectivity index (χ3v) is 1.95. The second-order valence-corrected chi connectivity index (χ2v) is 2.95. The van der Waals surface area contributed by atoms with Crippen molar-refractivity contribution in [1.82, 2.24) is 5.32 Å². The van der Waals surface area contributed by atoms with Gasteiger partial charge in [-0.15, -0.1) is 6.42 Å². The highest BCUT2D eigenvalue weighted by molar-refractivity contribution is 5.41. The van der Waals surface area contributed by atoms with Gasteiger partial charge in [0.05, 0.1) is 25.3 Å². The molecule has 0 spiro atoms. The maximum absolute atomic E-state index is 8.75. The number of rotatable bonds is 4. The first kappa shape index (κ1) is 11.1. The van der Waals surface area contributed by atoms with Crippen molar-refractivity contribution in [3.05, 3.63) is 29.3 Å². The van der Waals surface area contributed by atoms with Crippen molar-refractivity contribution in [3.63, 3.8) is 0 Å². The first-order chi connectivity index (χ1) is 7.31. The number of ether oxygens (including phenoxy) is 1. The summed E-state index contributed by atoms with van der Waals surface area (Å²) in [5.41, 5.74) is 1.56. The van der Waals surface area contributed by atoms with Gasteiger partial charge in [-0.3, -0.25) is 0 Å². The molecule has 0 radical (unpaired) electrons. The molecule has 15 heavy (non-hydrogen) atoms. The molecule has 3 nitrogen and oxygen atoms in total. The van der Waals surface area contributed by atoms with Gasteiger partial charge in [0.1, 0.15) is 5.75 Å². The molecule has 0 atom stereocenters. The topological polar surface area (TPSA) is 45.0 Å². The van der Waals surface area contributed by atoms with Crippen LogP contribution in [0.15, 0.2) is 18.2 Å². The van der Waals surface area contributed by atoms with Crippen LogP contribution in [-0.4, -0.2) is 13.7 Å². The number of nitriles is 1. The van der Waals surface area contributed by atoms with E-state index in [9.17, 15) is 0 Å². The molecule has 0 amide bonds. The van der Waals surface area contributed by atoms with Gasteiger partial charge in [-0.25, -0.2) is 0 Å². The lowest BCUT2D eigenvalue weighted by Crippen LogP contribution is -2.13. The summed E-state index contributed by atoms with van der Waals surface area (Å²) >= 11 is 0. The summed E-state index contributed by atoms with van der Waals surface area (Å²) in [7, 11) is 1.60. The summed E-state index contributed by atoms with van der Waals surface area (Å²) in [5.74, 6) is 3.25. The van der Waals surface area contributed by atoms with E-state index in [0.29, 0.717) is 18.7 Å². The molecule has 1 aromatic rings. The smallest absolute Gasteiger partial charge is 0.123 e. The van der Waals surface area contributed by atoms with Crippen LogP contribution in [0.5, 0.6) is 5.75 Å². The van der Waals surface area contributed by atoms with Crippen LogP contribution in [0.4, 0.5) is 0 Å². The highest BCUT2D eigenvalue weighted by atomic mass is 16.5. The number of terminal acetylenes is 1. The fourth-order valence-corrected chi connectivity index (χ4v) is 1.26. The van der Waals surface area contributed by atoms with E-state index >= 15 is 0 Å². The minimum absolute atomic E-state index is 0.500. The van der Waals surface area contributed by atoms with Gasteiger partial charge in [0.25, 0.3) is 0 Å². The highest BCUT2D eigenvalue weighted by Crippen LogP contribution is 2.19. The van der Waals surface area contributed by atoms with Gasteiger partial charge in [0.2, 0.25) is 0 Å². The molecule has 3 heteroatoms. The zero-order valence-corrected chi connectivity index (χ0v) is 8.58. The molecule has 0 saturated heterocycles. The largest absolute Gasteiger partial charge is 0.496 e. The molecule has 0 heterocycles. The summed E-state index contributed by atoms with van der Waals surface area (Å²) in [4.78, 5) is 0. The molecule has 1 N–H and O–H groups in total. The summed E-state index contributed by atoms with van der Waals surface area (Å²) in [6, 6.07) is 7.39. The maximum atomic E-state index is 8.75. The standard InChI is InChI=1S/C12H12N2O/c1-3-6-14-9-11-7-10(8-13)4-5-12(11)15-2/h1,4-5,7,14H,6,9H2,2H3. The summed E-state index contributed by atoms with van der Waals surface area (Å²) in [5, 5.41) is 11.8. The van der Waals surface area contributed by atoms with Crippen molar-refractivity contribution >= 4 is 0 Å². The van der Waals surface area contributed by atoms with Gasteiger partial charge in [0.15, 0.2) is 0 Å². The van der Waals surface area contributed by atoms with Crippen LogP contribution >= 0.6 is 0 Å². The Morgan fingerprint density at radius 3 is 2.93 bits per heavy atom. The molecular weight excluding hydrogens is 188 g/mol. The summed E-state index contributed by atoms with van der Waals surface area (Å²) in [6.45, 7) is 1.10. The number of hydrogen-bond donors (Lipinski definition) is 1. The van der Waals surface area contributed by atoms with Crippen molar-refractivity contribution in [1.29, 1.82) is 5.26 Å². The number of nitrogens with one attached hydrogen (secondary N) is 1. The predicted molar refractivity (Wildman–Crippen MR) is 58.2 cm³/mol. The Hall–Kier alpha value is -1.97. The van der Waals surface area contributed by atoms with E-state index in [4.69, 9.17) is 16.4 Å². The van der Waals surface area contributed by atoms with Gasteiger partial charge in [-0.05, 0) is 18.2 Å². The summed E-state index contributed by atoms with van der Waals surface area (Å²) < 4.78 is 5.17. The van der Waals surface area contributed by atoms with Gasteiger partial charge < -0.3 is 10.1 Å². The zero-order chi connectivity index (χ0) is 11.1. The number of methoxy groups -OCH3 is 1. The van der Waals surface area contributed by atoms with Gasteiger partial charge in [-0.2, -0.15) is 5.26 Å². The normalized spacial score (nSPS) is 9.00. The van der Waals surface area contributed by atoms with E-state index in [0.717, 1.165) is 11.3 Å². The van der Waals surface area contributed by atoms with Crippen LogP contribution in [0.1, 0.15) is 11.1 Å². The van der Waals surface area contributed by atoms with E-state index in [-0.39, 0.29) is 0 Å². The molecule has 0 bridgehead atoms. The minimum atomic E-state index is 0.500. The first-order valence-corrected chi connectivity index (χ1v) is 4.53. The fraction of sp³-hybridized carbons (Fsp3) is 0.250. The second kappa shape index (κ2) is 5.70. The first-order valence-electron chi connectivity index (χ1n) is 4.53. The molecule has 0 aromatic heterocycles. The fourth-order valence-electron chi connectivity index (χ4n) is 1.26. The SMILES string of the molecule is C#CCNCc1cc(C#N)ccc1OC. The lowest BCUT2D eigenvalue weighted by molar-refractivity contribution is 0.408. The molecule has 0 saturated carbocycles. The molecule has 1 aromatic carbocycles. The zero-order valence-electron chi connectivity index (χ0n) is 8.58. The molecule has 0 aliphatic heterocycles. The highest BCUT2D eigenvalue weighted by Gasteiger charge is 2.03. The van der Waals surface area contributed by atoms with E-state index in [1.54, 1.807) is 25.3 Å². The third-order valence-electron chi connectivity index (χ3n) is 1.95. The number of nitrogens with zero attached hydrogens (tertiary/aromatic N) is 1. The Bertz CT molecular complexity index is 413. The molecular formula is C12H12N2O. The molecule has 0 unspecified atom stereocenters. The van der Waals surface area contributed by atoms with Crippen LogP contribution in [0.3, 0.4) is 0 Å². The minimum Gasteiger partial charge on any atom is -0.496 e. The molecule has 1 rings (SSSR count). The molecule has 76 valence electrons. The Morgan fingerprint density at radius 1 is 1.53 bits per heavy atom. The lowest BCUT2D eigenvalue weighted by Gasteiger charge is -2.08. The van der Waals surface area contributed by atoms with Gasteiger partial charge >= 0.3 is 0 Å². The average Bonchev–Trinajstić information content (AvgIpc) is 2.29. The van der Waals surface area contributed by atoms with Crippen LogP contribution in [0.2, 0.25) is 0 Å². The van der Waals surface area contributed by atoms with Crippen LogP contribution in [-0.2, 0) is 6.54 Å². The average molecular weight is 200 g/mol. The Balaban J connectivity index is 2.83. The molecule has 0 aliphatic rings. The predicted octanol–water partition coefficient (Wildman–Crippen LogP) is 1.29. The van der Waals surface area contributed by atoms with Crippen LogP contribution in [0, 0.1) is 23.7 Å². The number of hydrogen-bond acceptors (Lipinski definition) is 3. The third kappa shape index (κ3) is 3.02. The Morgan fingerprint density at radius 2 is 2.33 bits per heavy atom.